The summed E-state index contributed by atoms with van der Waals surface area (Å²) in [5.41, 5.74) is -1.39. The van der Waals surface area contributed by atoms with E-state index >= 15 is 0 Å². The smallest absolute Gasteiger partial charge is 0.321 e. The third-order valence-electron chi connectivity index (χ3n) is 3.84. The number of hydrogen-bond acceptors (Lipinski definition) is 3. The number of alkyl halides is 6. The van der Waals surface area contributed by atoms with Gasteiger partial charge in [0.2, 0.25) is 0 Å². The number of carbonyl (C=O) groups excluding carboxylic acids is 1. The van der Waals surface area contributed by atoms with E-state index in [1.807, 2.05) is 0 Å². The van der Waals surface area contributed by atoms with Gasteiger partial charge in [-0.25, -0.2) is 4.98 Å². The SMILES string of the molecule is O=C(Nc1cccc(C(F)(F)F)c1)c1csc(Cc2cccc(C(F)(F)F)c2)n1. The van der Waals surface area contributed by atoms with Crippen molar-refractivity contribution in [2.24, 2.45) is 0 Å². The standard InChI is InChI=1S/C19H12F6N2OS/c20-18(21,22)12-4-1-3-11(7-12)8-16-27-15(10-29-16)17(28)26-14-6-2-5-13(9-14)19(23,24)25/h1-7,9-10H,8H2,(H,26,28). The third-order valence-corrected chi connectivity index (χ3v) is 4.69. The lowest BCUT2D eigenvalue weighted by atomic mass is 10.1. The van der Waals surface area contributed by atoms with Gasteiger partial charge in [-0.1, -0.05) is 24.3 Å². The van der Waals surface area contributed by atoms with Crippen LogP contribution in [-0.2, 0) is 18.8 Å². The Morgan fingerprint density at radius 3 is 2.21 bits per heavy atom. The molecule has 0 fully saturated rings. The van der Waals surface area contributed by atoms with E-state index in [0.29, 0.717) is 10.6 Å². The van der Waals surface area contributed by atoms with Gasteiger partial charge in [-0.3, -0.25) is 4.79 Å². The lowest BCUT2D eigenvalue weighted by Gasteiger charge is -2.09. The van der Waals surface area contributed by atoms with E-state index in [9.17, 15) is 31.1 Å². The van der Waals surface area contributed by atoms with E-state index in [-0.39, 0.29) is 17.8 Å². The van der Waals surface area contributed by atoms with E-state index in [0.717, 1.165) is 35.6 Å². The molecule has 0 unspecified atom stereocenters. The van der Waals surface area contributed by atoms with Gasteiger partial charge in [0, 0.05) is 17.5 Å². The van der Waals surface area contributed by atoms with Crippen LogP contribution in [0.2, 0.25) is 0 Å². The molecule has 0 aliphatic carbocycles. The molecule has 0 spiro atoms. The lowest BCUT2D eigenvalue weighted by Crippen LogP contribution is -2.13. The topological polar surface area (TPSA) is 42.0 Å². The molecule has 2 aromatic carbocycles. The second-order valence-electron chi connectivity index (χ2n) is 6.03. The normalized spacial score (nSPS) is 12.1. The molecule has 0 bridgehead atoms. The van der Waals surface area contributed by atoms with Gasteiger partial charge in [0.25, 0.3) is 5.91 Å². The predicted molar refractivity (Wildman–Crippen MR) is 95.8 cm³/mol. The first-order valence-electron chi connectivity index (χ1n) is 8.11. The number of benzene rings is 2. The van der Waals surface area contributed by atoms with Crippen LogP contribution in [0.3, 0.4) is 0 Å². The summed E-state index contributed by atoms with van der Waals surface area (Å²) in [5.74, 6) is -0.712. The Bertz CT molecular complexity index is 1030. The highest BCUT2D eigenvalue weighted by molar-refractivity contribution is 7.09. The predicted octanol–water partition coefficient (Wildman–Crippen LogP) is 6.02. The fourth-order valence-electron chi connectivity index (χ4n) is 2.50. The van der Waals surface area contributed by atoms with Crippen molar-refractivity contribution in [3.8, 4) is 0 Å². The summed E-state index contributed by atoms with van der Waals surface area (Å²) in [6.07, 6.45) is -8.92. The molecule has 1 amide bonds. The van der Waals surface area contributed by atoms with Crippen LogP contribution in [0.25, 0.3) is 0 Å². The molecule has 1 aromatic heterocycles. The van der Waals surface area contributed by atoms with Crippen LogP contribution >= 0.6 is 11.3 Å². The van der Waals surface area contributed by atoms with Crippen LogP contribution in [0.5, 0.6) is 0 Å². The highest BCUT2D eigenvalue weighted by Crippen LogP contribution is 2.31. The van der Waals surface area contributed by atoms with E-state index in [1.54, 1.807) is 0 Å². The highest BCUT2D eigenvalue weighted by Gasteiger charge is 2.31. The van der Waals surface area contributed by atoms with E-state index in [2.05, 4.69) is 10.3 Å². The van der Waals surface area contributed by atoms with Crippen LogP contribution in [0.4, 0.5) is 32.0 Å². The van der Waals surface area contributed by atoms with Gasteiger partial charge in [-0.2, -0.15) is 26.3 Å². The minimum atomic E-state index is -4.54. The lowest BCUT2D eigenvalue weighted by molar-refractivity contribution is -0.138. The van der Waals surface area contributed by atoms with Crippen molar-refractivity contribution in [2.75, 3.05) is 5.32 Å². The van der Waals surface area contributed by atoms with Crippen molar-refractivity contribution in [3.05, 3.63) is 81.3 Å². The monoisotopic (exact) mass is 430 g/mol. The molecule has 0 saturated carbocycles. The molecule has 0 aliphatic heterocycles. The zero-order valence-electron chi connectivity index (χ0n) is 14.4. The molecule has 1 N–H and O–H groups in total. The van der Waals surface area contributed by atoms with E-state index in [1.165, 1.54) is 29.6 Å². The maximum atomic E-state index is 12.8. The maximum absolute atomic E-state index is 12.8. The number of rotatable bonds is 4. The Labute approximate surface area is 165 Å². The fraction of sp³-hybridized carbons (Fsp3) is 0.158. The van der Waals surface area contributed by atoms with Crippen molar-refractivity contribution in [1.82, 2.24) is 4.98 Å². The minimum absolute atomic E-state index is 0.0330. The summed E-state index contributed by atoms with van der Waals surface area (Å²) in [6.45, 7) is 0. The average Bonchev–Trinajstić information content (AvgIpc) is 3.09. The highest BCUT2D eigenvalue weighted by atomic mass is 32.1. The second-order valence-corrected chi connectivity index (χ2v) is 6.98. The Balaban J connectivity index is 1.71. The molecule has 0 radical (unpaired) electrons. The van der Waals surface area contributed by atoms with Gasteiger partial charge >= 0.3 is 12.4 Å². The molecule has 3 aromatic rings. The molecule has 152 valence electrons. The number of halogens is 6. The number of carbonyl (C=O) groups is 1. The van der Waals surface area contributed by atoms with Crippen molar-refractivity contribution < 1.29 is 31.1 Å². The fourth-order valence-corrected chi connectivity index (χ4v) is 3.31. The summed E-state index contributed by atoms with van der Waals surface area (Å²) in [7, 11) is 0. The van der Waals surface area contributed by atoms with Crippen LogP contribution in [-0.4, -0.2) is 10.9 Å². The first-order valence-corrected chi connectivity index (χ1v) is 8.99. The van der Waals surface area contributed by atoms with Gasteiger partial charge in [-0.15, -0.1) is 11.3 Å². The quantitative estimate of drug-likeness (QED) is 0.514. The molecule has 1 heterocycles. The van der Waals surface area contributed by atoms with Crippen LogP contribution in [0, 0.1) is 0 Å². The Kier molecular flexibility index (Phi) is 5.65. The molecule has 0 saturated heterocycles. The maximum Gasteiger partial charge on any atom is 0.416 e. The van der Waals surface area contributed by atoms with Gasteiger partial charge in [0.05, 0.1) is 16.1 Å². The van der Waals surface area contributed by atoms with Crippen LogP contribution in [0.15, 0.2) is 53.9 Å². The molecular weight excluding hydrogens is 418 g/mol. The van der Waals surface area contributed by atoms with Crippen LogP contribution in [0.1, 0.15) is 32.2 Å². The van der Waals surface area contributed by atoms with Crippen molar-refractivity contribution in [3.63, 3.8) is 0 Å². The van der Waals surface area contributed by atoms with E-state index < -0.39 is 29.4 Å². The second kappa shape index (κ2) is 7.86. The summed E-state index contributed by atoms with van der Waals surface area (Å²) in [4.78, 5) is 16.3. The Morgan fingerprint density at radius 1 is 0.931 bits per heavy atom. The zero-order valence-corrected chi connectivity index (χ0v) is 15.3. The molecular formula is C19H12F6N2OS. The molecule has 0 atom stereocenters. The summed E-state index contributed by atoms with van der Waals surface area (Å²) < 4.78 is 76.6. The summed E-state index contributed by atoms with van der Waals surface area (Å²) in [5, 5.41) is 4.13. The number of aromatic nitrogens is 1. The van der Waals surface area contributed by atoms with Gasteiger partial charge < -0.3 is 5.32 Å². The van der Waals surface area contributed by atoms with E-state index in [4.69, 9.17) is 0 Å². The van der Waals surface area contributed by atoms with Gasteiger partial charge in [0.1, 0.15) is 5.69 Å². The first-order chi connectivity index (χ1) is 13.5. The van der Waals surface area contributed by atoms with Crippen LogP contribution < -0.4 is 5.32 Å². The number of anilines is 1. The first kappa shape index (κ1) is 20.8. The number of nitrogens with zero attached hydrogens (tertiary/aromatic N) is 1. The number of amides is 1. The third kappa shape index (κ3) is 5.35. The number of thiazole rings is 1. The zero-order chi connectivity index (χ0) is 21.2. The molecule has 29 heavy (non-hydrogen) atoms. The number of hydrogen-bond donors (Lipinski definition) is 1. The average molecular weight is 430 g/mol. The molecule has 3 rings (SSSR count). The molecule has 3 nitrogen and oxygen atoms in total. The molecule has 10 heteroatoms. The Hall–Kier alpha value is -2.88. The Morgan fingerprint density at radius 2 is 1.55 bits per heavy atom. The summed E-state index contributed by atoms with van der Waals surface area (Å²) in [6, 6.07) is 8.91. The minimum Gasteiger partial charge on any atom is -0.321 e. The van der Waals surface area contributed by atoms with Crippen molar-refractivity contribution in [2.45, 2.75) is 18.8 Å². The van der Waals surface area contributed by atoms with Gasteiger partial charge in [0.15, 0.2) is 0 Å². The number of nitrogens with one attached hydrogen (secondary N) is 1. The summed E-state index contributed by atoms with van der Waals surface area (Å²) >= 11 is 1.07. The molecule has 0 aliphatic rings. The largest absolute Gasteiger partial charge is 0.416 e. The van der Waals surface area contributed by atoms with Gasteiger partial charge in [-0.05, 0) is 29.8 Å². The van der Waals surface area contributed by atoms with Crippen molar-refractivity contribution >= 4 is 22.9 Å². The van der Waals surface area contributed by atoms with Crippen molar-refractivity contribution in [1.29, 1.82) is 0 Å².